The Bertz CT molecular complexity index is 557. The largest absolute Gasteiger partial charge is 0.330 e. The summed E-state index contributed by atoms with van der Waals surface area (Å²) in [5.41, 5.74) is -0.266. The predicted octanol–water partition coefficient (Wildman–Crippen LogP) is 2.48. The maximum atomic E-state index is 13.9. The highest BCUT2D eigenvalue weighted by molar-refractivity contribution is 5.95. The molecule has 2 aliphatic heterocycles. The third-order valence-corrected chi connectivity index (χ3v) is 4.54. The quantitative estimate of drug-likeness (QED) is 0.831. The number of Topliss-reactive ketones (excluding diaryl/α,β-unsaturated/α-hetero) is 1. The lowest BCUT2D eigenvalue weighted by molar-refractivity contribution is -0.141. The molecule has 0 bridgehead atoms. The first kappa shape index (κ1) is 13.3. The van der Waals surface area contributed by atoms with Gasteiger partial charge in [-0.3, -0.25) is 9.59 Å². The molecular weight excluding hydrogens is 257 g/mol. The fourth-order valence-electron chi connectivity index (χ4n) is 3.54. The monoisotopic (exact) mass is 275 g/mol. The summed E-state index contributed by atoms with van der Waals surface area (Å²) in [6.07, 6.45) is 3.27. The van der Waals surface area contributed by atoms with Gasteiger partial charge in [-0.2, -0.15) is 0 Å². The molecule has 0 N–H and O–H groups in total. The molecule has 3 rings (SSSR count). The van der Waals surface area contributed by atoms with Crippen LogP contribution >= 0.6 is 0 Å². The van der Waals surface area contributed by atoms with Gasteiger partial charge in [0.15, 0.2) is 5.78 Å². The smallest absolute Gasteiger partial charge is 0.223 e. The van der Waals surface area contributed by atoms with Crippen LogP contribution in [0.4, 0.5) is 4.39 Å². The molecule has 0 saturated carbocycles. The summed E-state index contributed by atoms with van der Waals surface area (Å²) in [6.45, 7) is 0.624. The third kappa shape index (κ3) is 2.03. The van der Waals surface area contributed by atoms with Crippen LogP contribution in [0.1, 0.15) is 37.7 Å². The zero-order chi connectivity index (χ0) is 14.2. The van der Waals surface area contributed by atoms with E-state index in [-0.39, 0.29) is 17.5 Å². The molecule has 1 amide bonds. The Morgan fingerprint density at radius 2 is 1.95 bits per heavy atom. The van der Waals surface area contributed by atoms with Gasteiger partial charge in [-0.25, -0.2) is 4.39 Å². The Labute approximate surface area is 117 Å². The second-order valence-corrected chi connectivity index (χ2v) is 5.73. The molecule has 2 fully saturated rings. The number of nitrogens with zero attached hydrogens (tertiary/aromatic N) is 1. The van der Waals surface area contributed by atoms with Gasteiger partial charge in [0, 0.05) is 25.8 Å². The van der Waals surface area contributed by atoms with Gasteiger partial charge in [0.05, 0.1) is 0 Å². The van der Waals surface area contributed by atoms with Gasteiger partial charge in [0.2, 0.25) is 5.91 Å². The Kier molecular flexibility index (Phi) is 3.32. The van der Waals surface area contributed by atoms with E-state index in [1.165, 1.54) is 6.07 Å². The highest BCUT2D eigenvalue weighted by Gasteiger charge is 2.50. The van der Waals surface area contributed by atoms with Crippen molar-refractivity contribution >= 4 is 11.7 Å². The molecule has 1 aromatic rings. The van der Waals surface area contributed by atoms with Gasteiger partial charge < -0.3 is 4.90 Å². The molecule has 0 radical (unpaired) electrons. The van der Waals surface area contributed by atoms with E-state index in [9.17, 15) is 14.0 Å². The molecule has 0 unspecified atom stereocenters. The molecular formula is C16H18FNO2. The molecule has 3 nitrogen and oxygen atoms in total. The van der Waals surface area contributed by atoms with Gasteiger partial charge in [0.1, 0.15) is 11.4 Å². The molecule has 0 aliphatic carbocycles. The lowest BCUT2D eigenvalue weighted by Gasteiger charge is -2.36. The Morgan fingerprint density at radius 3 is 2.75 bits per heavy atom. The van der Waals surface area contributed by atoms with E-state index in [4.69, 9.17) is 0 Å². The second kappa shape index (κ2) is 5.00. The predicted molar refractivity (Wildman–Crippen MR) is 72.6 cm³/mol. The van der Waals surface area contributed by atoms with Crippen molar-refractivity contribution in [2.24, 2.45) is 0 Å². The van der Waals surface area contributed by atoms with Crippen LogP contribution in [-0.2, 0) is 16.0 Å². The summed E-state index contributed by atoms with van der Waals surface area (Å²) in [4.78, 5) is 26.5. The highest BCUT2D eigenvalue weighted by Crippen LogP contribution is 2.38. The summed E-state index contributed by atoms with van der Waals surface area (Å²) in [5.74, 6) is -0.146. The first-order chi connectivity index (χ1) is 9.63. The molecule has 2 saturated heterocycles. The van der Waals surface area contributed by atoms with Crippen LogP contribution in [0.25, 0.3) is 0 Å². The molecule has 1 atom stereocenters. The average molecular weight is 275 g/mol. The van der Waals surface area contributed by atoms with Gasteiger partial charge >= 0.3 is 0 Å². The van der Waals surface area contributed by atoms with Gasteiger partial charge in [-0.05, 0) is 30.9 Å². The first-order valence-electron chi connectivity index (χ1n) is 7.21. The van der Waals surface area contributed by atoms with Crippen molar-refractivity contribution in [3.05, 3.63) is 35.6 Å². The van der Waals surface area contributed by atoms with Gasteiger partial charge in [0.25, 0.3) is 0 Å². The summed E-state index contributed by atoms with van der Waals surface area (Å²) in [5, 5.41) is 0. The van der Waals surface area contributed by atoms with E-state index in [0.29, 0.717) is 44.2 Å². The van der Waals surface area contributed by atoms with Crippen LogP contribution in [0.5, 0.6) is 0 Å². The molecule has 4 heteroatoms. The molecule has 20 heavy (non-hydrogen) atoms. The minimum Gasteiger partial charge on any atom is -0.330 e. The zero-order valence-electron chi connectivity index (χ0n) is 11.4. The molecule has 0 spiro atoms. The Balaban J connectivity index is 2.00. The summed E-state index contributed by atoms with van der Waals surface area (Å²) in [7, 11) is 0. The van der Waals surface area contributed by atoms with Crippen LogP contribution in [0.2, 0.25) is 0 Å². The van der Waals surface area contributed by atoms with E-state index < -0.39 is 5.54 Å². The van der Waals surface area contributed by atoms with Crippen LogP contribution in [0.3, 0.4) is 0 Å². The summed E-state index contributed by atoms with van der Waals surface area (Å²) in [6, 6.07) is 6.54. The normalized spacial score (nSPS) is 26.6. The molecule has 106 valence electrons. The van der Waals surface area contributed by atoms with Crippen molar-refractivity contribution in [2.75, 3.05) is 6.54 Å². The summed E-state index contributed by atoms with van der Waals surface area (Å²) >= 11 is 0. The van der Waals surface area contributed by atoms with E-state index in [1.807, 2.05) is 0 Å². The SMILES string of the molecule is O=C1CCCC(=O)[C@]2(Cc3ccccc3F)CCCN12. The zero-order valence-corrected chi connectivity index (χ0v) is 11.4. The van der Waals surface area contributed by atoms with E-state index >= 15 is 0 Å². The van der Waals surface area contributed by atoms with Crippen molar-refractivity contribution in [3.8, 4) is 0 Å². The van der Waals surface area contributed by atoms with Crippen molar-refractivity contribution in [1.82, 2.24) is 4.90 Å². The minimum absolute atomic E-state index is 0.0460. The number of benzene rings is 1. The molecule has 1 aromatic carbocycles. The summed E-state index contributed by atoms with van der Waals surface area (Å²) < 4.78 is 13.9. The number of hydrogen-bond acceptors (Lipinski definition) is 2. The number of rotatable bonds is 2. The van der Waals surface area contributed by atoms with Crippen molar-refractivity contribution < 1.29 is 14.0 Å². The van der Waals surface area contributed by atoms with Gasteiger partial charge in [-0.15, -0.1) is 0 Å². The van der Waals surface area contributed by atoms with Crippen LogP contribution in [0, 0.1) is 5.82 Å². The van der Waals surface area contributed by atoms with Crippen LogP contribution in [0.15, 0.2) is 24.3 Å². The fraction of sp³-hybridized carbons (Fsp3) is 0.500. The van der Waals surface area contributed by atoms with E-state index in [2.05, 4.69) is 0 Å². The first-order valence-corrected chi connectivity index (χ1v) is 7.21. The number of ketones is 1. The number of fused-ring (bicyclic) bond motifs is 1. The topological polar surface area (TPSA) is 37.4 Å². The number of carbonyl (C=O) groups is 2. The lowest BCUT2D eigenvalue weighted by atomic mass is 9.83. The lowest BCUT2D eigenvalue weighted by Crippen LogP contribution is -2.53. The molecule has 2 heterocycles. The van der Waals surface area contributed by atoms with Crippen molar-refractivity contribution in [2.45, 2.75) is 44.1 Å². The van der Waals surface area contributed by atoms with Crippen molar-refractivity contribution in [3.63, 3.8) is 0 Å². The standard InChI is InChI=1S/C16H18FNO2/c17-13-6-2-1-5-12(13)11-16-9-4-10-18(16)15(20)8-3-7-14(16)19/h1-2,5-6H,3-4,7-11H2/t16-/m1/s1. The number of amides is 1. The number of hydrogen-bond donors (Lipinski definition) is 0. The average Bonchev–Trinajstić information content (AvgIpc) is 2.82. The fourth-order valence-corrected chi connectivity index (χ4v) is 3.54. The van der Waals surface area contributed by atoms with Crippen LogP contribution < -0.4 is 0 Å². The van der Waals surface area contributed by atoms with E-state index in [1.54, 1.807) is 23.1 Å². The number of carbonyl (C=O) groups excluding carboxylic acids is 2. The van der Waals surface area contributed by atoms with E-state index in [0.717, 1.165) is 6.42 Å². The Hall–Kier alpha value is -1.71. The highest BCUT2D eigenvalue weighted by atomic mass is 19.1. The van der Waals surface area contributed by atoms with Crippen LogP contribution in [-0.4, -0.2) is 28.7 Å². The third-order valence-electron chi connectivity index (χ3n) is 4.54. The molecule has 2 aliphatic rings. The maximum absolute atomic E-state index is 13.9. The van der Waals surface area contributed by atoms with Crippen molar-refractivity contribution in [1.29, 1.82) is 0 Å². The van der Waals surface area contributed by atoms with Gasteiger partial charge in [-0.1, -0.05) is 18.2 Å². The number of halogens is 1. The minimum atomic E-state index is -0.796. The Morgan fingerprint density at radius 1 is 1.15 bits per heavy atom. The second-order valence-electron chi connectivity index (χ2n) is 5.73. The molecule has 0 aromatic heterocycles. The maximum Gasteiger partial charge on any atom is 0.223 e.